The van der Waals surface area contributed by atoms with Crippen LogP contribution in [0.2, 0.25) is 0 Å². The van der Waals surface area contributed by atoms with E-state index in [1.807, 2.05) is 6.92 Å². The number of halogens is 2. The predicted octanol–water partition coefficient (Wildman–Crippen LogP) is 5.31. The fraction of sp³-hybridized carbons (Fsp3) is 0.185. The van der Waals surface area contributed by atoms with E-state index in [4.69, 9.17) is 9.47 Å². The van der Waals surface area contributed by atoms with E-state index < -0.39 is 29.4 Å². The second-order valence-corrected chi connectivity index (χ2v) is 7.98. The average molecular weight is 479 g/mol. The van der Waals surface area contributed by atoms with Crippen LogP contribution in [0.15, 0.2) is 66.2 Å². The minimum Gasteiger partial charge on any atom is -0.507 e. The van der Waals surface area contributed by atoms with Crippen molar-refractivity contribution in [3.63, 3.8) is 0 Å². The van der Waals surface area contributed by atoms with E-state index >= 15 is 0 Å². The van der Waals surface area contributed by atoms with Crippen LogP contribution < -0.4 is 14.4 Å². The van der Waals surface area contributed by atoms with E-state index in [2.05, 4.69) is 0 Å². The number of carbonyl (C=O) groups is 2. The first-order valence-electron chi connectivity index (χ1n) is 10.9. The molecule has 6 nitrogen and oxygen atoms in total. The molecule has 1 amide bonds. The number of carbonyl (C=O) groups excluding carboxylic acids is 2. The van der Waals surface area contributed by atoms with E-state index in [0.717, 1.165) is 22.6 Å². The molecule has 0 aliphatic carbocycles. The smallest absolute Gasteiger partial charge is 0.300 e. The van der Waals surface area contributed by atoms with Crippen molar-refractivity contribution in [2.45, 2.75) is 19.9 Å². The Bertz CT molecular complexity index is 1330. The van der Waals surface area contributed by atoms with Gasteiger partial charge in [-0.05, 0) is 43.7 Å². The van der Waals surface area contributed by atoms with Crippen LogP contribution in [0.25, 0.3) is 5.76 Å². The number of methoxy groups -OCH3 is 1. The highest BCUT2D eigenvalue weighted by atomic mass is 19.2. The standard InChI is InChI=1S/C27H23F2NO5/c1-4-35-22-13-17(9-12-21(22)34-3)24-23(25(31)16-7-5-15(2)6-8-16)26(32)27(33)30(24)18-10-11-19(28)20(29)14-18/h5-14,24,31H,4H2,1-3H3/b25-23+. The fourth-order valence-corrected chi connectivity index (χ4v) is 4.05. The first kappa shape index (κ1) is 23.9. The zero-order valence-electron chi connectivity index (χ0n) is 19.3. The SMILES string of the molecule is CCOc1cc(C2/C(=C(\O)c3ccc(C)cc3)C(=O)C(=O)N2c2ccc(F)c(F)c2)ccc1OC. The van der Waals surface area contributed by atoms with Crippen molar-refractivity contribution in [2.75, 3.05) is 18.6 Å². The maximum Gasteiger partial charge on any atom is 0.300 e. The molecule has 8 heteroatoms. The van der Waals surface area contributed by atoms with Crippen molar-refractivity contribution >= 4 is 23.1 Å². The molecule has 1 heterocycles. The lowest BCUT2D eigenvalue weighted by Crippen LogP contribution is -2.29. The molecular formula is C27H23F2NO5. The lowest BCUT2D eigenvalue weighted by molar-refractivity contribution is -0.132. The quantitative estimate of drug-likeness (QED) is 0.295. The minimum absolute atomic E-state index is 0.0345. The van der Waals surface area contributed by atoms with Crippen molar-refractivity contribution in [1.29, 1.82) is 0 Å². The van der Waals surface area contributed by atoms with Crippen LogP contribution in [-0.4, -0.2) is 30.5 Å². The molecular weight excluding hydrogens is 456 g/mol. The molecule has 1 fully saturated rings. The van der Waals surface area contributed by atoms with E-state index in [1.54, 1.807) is 49.4 Å². The van der Waals surface area contributed by atoms with E-state index in [-0.39, 0.29) is 17.0 Å². The van der Waals surface area contributed by atoms with Crippen LogP contribution >= 0.6 is 0 Å². The Balaban J connectivity index is 1.97. The van der Waals surface area contributed by atoms with E-state index in [1.165, 1.54) is 13.2 Å². The summed E-state index contributed by atoms with van der Waals surface area (Å²) < 4.78 is 38.7. The Labute approximate surface area is 201 Å². The van der Waals surface area contributed by atoms with E-state index in [0.29, 0.717) is 29.2 Å². The summed E-state index contributed by atoms with van der Waals surface area (Å²) in [5, 5.41) is 11.2. The largest absolute Gasteiger partial charge is 0.507 e. The molecule has 1 atom stereocenters. The number of anilines is 1. The maximum absolute atomic E-state index is 14.1. The van der Waals surface area contributed by atoms with Gasteiger partial charge < -0.3 is 14.6 Å². The van der Waals surface area contributed by atoms with Gasteiger partial charge in [0, 0.05) is 17.3 Å². The molecule has 0 aromatic heterocycles. The fourth-order valence-electron chi connectivity index (χ4n) is 4.05. The van der Waals surface area contributed by atoms with Crippen molar-refractivity contribution < 1.29 is 33.0 Å². The predicted molar refractivity (Wildman–Crippen MR) is 126 cm³/mol. The van der Waals surface area contributed by atoms with Gasteiger partial charge in [-0.3, -0.25) is 14.5 Å². The van der Waals surface area contributed by atoms with Gasteiger partial charge in [0.1, 0.15) is 5.76 Å². The summed E-state index contributed by atoms with van der Waals surface area (Å²) in [7, 11) is 1.47. The van der Waals surface area contributed by atoms with Crippen LogP contribution in [0.1, 0.15) is 29.7 Å². The summed E-state index contributed by atoms with van der Waals surface area (Å²) in [6, 6.07) is 13.4. The average Bonchev–Trinajstić information content (AvgIpc) is 3.11. The van der Waals surface area contributed by atoms with Crippen molar-refractivity contribution in [3.8, 4) is 11.5 Å². The van der Waals surface area contributed by atoms with Crippen LogP contribution in [0.4, 0.5) is 14.5 Å². The normalized spacial score (nSPS) is 17.1. The summed E-state index contributed by atoms with van der Waals surface area (Å²) in [6.07, 6.45) is 0. The third-order valence-corrected chi connectivity index (χ3v) is 5.75. The molecule has 1 aliphatic heterocycles. The number of hydrogen-bond acceptors (Lipinski definition) is 5. The number of amides is 1. The molecule has 4 rings (SSSR count). The summed E-state index contributed by atoms with van der Waals surface area (Å²) in [6.45, 7) is 3.99. The third kappa shape index (κ3) is 4.35. The molecule has 1 saturated heterocycles. The Morgan fingerprint density at radius 3 is 2.31 bits per heavy atom. The van der Waals surface area contributed by atoms with Gasteiger partial charge in [-0.1, -0.05) is 35.9 Å². The highest BCUT2D eigenvalue weighted by Gasteiger charge is 2.47. The monoisotopic (exact) mass is 479 g/mol. The summed E-state index contributed by atoms with van der Waals surface area (Å²) in [5.41, 5.74) is 1.47. The third-order valence-electron chi connectivity index (χ3n) is 5.75. The van der Waals surface area contributed by atoms with Gasteiger partial charge in [0.25, 0.3) is 11.7 Å². The van der Waals surface area contributed by atoms with Gasteiger partial charge in [0.05, 0.1) is 25.3 Å². The molecule has 0 spiro atoms. The van der Waals surface area contributed by atoms with Gasteiger partial charge in [-0.15, -0.1) is 0 Å². The van der Waals surface area contributed by atoms with Crippen LogP contribution in [0.5, 0.6) is 11.5 Å². The summed E-state index contributed by atoms with van der Waals surface area (Å²) in [5.74, 6) is -3.80. The number of aliphatic hydroxyl groups is 1. The maximum atomic E-state index is 14.1. The summed E-state index contributed by atoms with van der Waals surface area (Å²) in [4.78, 5) is 27.4. The summed E-state index contributed by atoms with van der Waals surface area (Å²) >= 11 is 0. The molecule has 3 aromatic rings. The van der Waals surface area contributed by atoms with Crippen LogP contribution in [0, 0.1) is 18.6 Å². The van der Waals surface area contributed by atoms with Crippen molar-refractivity contribution in [1.82, 2.24) is 0 Å². The zero-order valence-corrected chi connectivity index (χ0v) is 19.3. The Morgan fingerprint density at radius 1 is 0.971 bits per heavy atom. The molecule has 1 unspecified atom stereocenters. The second-order valence-electron chi connectivity index (χ2n) is 7.98. The number of aliphatic hydroxyl groups excluding tert-OH is 1. The molecule has 0 saturated carbocycles. The van der Waals surface area contributed by atoms with Crippen LogP contribution in [0.3, 0.4) is 0 Å². The highest BCUT2D eigenvalue weighted by molar-refractivity contribution is 6.51. The van der Waals surface area contributed by atoms with Gasteiger partial charge >= 0.3 is 0 Å². The number of ether oxygens (including phenoxy) is 2. The number of hydrogen-bond donors (Lipinski definition) is 1. The Hall–Kier alpha value is -4.20. The Kier molecular flexibility index (Phi) is 6.55. The number of benzene rings is 3. The minimum atomic E-state index is -1.17. The Morgan fingerprint density at radius 2 is 1.69 bits per heavy atom. The molecule has 1 N–H and O–H groups in total. The molecule has 180 valence electrons. The molecule has 1 aliphatic rings. The van der Waals surface area contributed by atoms with Crippen molar-refractivity contribution in [2.24, 2.45) is 0 Å². The van der Waals surface area contributed by atoms with Crippen molar-refractivity contribution in [3.05, 3.63) is 94.6 Å². The first-order valence-corrected chi connectivity index (χ1v) is 10.9. The molecule has 3 aromatic carbocycles. The first-order chi connectivity index (χ1) is 16.8. The number of nitrogens with zero attached hydrogens (tertiary/aromatic N) is 1. The van der Waals surface area contributed by atoms with Gasteiger partial charge in [0.2, 0.25) is 0 Å². The molecule has 0 bridgehead atoms. The lowest BCUT2D eigenvalue weighted by Gasteiger charge is -2.26. The number of Topliss-reactive ketones (excluding diaryl/α,β-unsaturated/α-hetero) is 1. The zero-order chi connectivity index (χ0) is 25.3. The number of rotatable bonds is 6. The molecule has 35 heavy (non-hydrogen) atoms. The lowest BCUT2D eigenvalue weighted by atomic mass is 9.94. The highest BCUT2D eigenvalue weighted by Crippen LogP contribution is 2.44. The topological polar surface area (TPSA) is 76.1 Å². The van der Waals surface area contributed by atoms with Crippen LogP contribution in [-0.2, 0) is 9.59 Å². The van der Waals surface area contributed by atoms with Gasteiger partial charge in [-0.25, -0.2) is 8.78 Å². The number of ketones is 1. The second kappa shape index (κ2) is 9.58. The van der Waals surface area contributed by atoms with Gasteiger partial charge in [0.15, 0.2) is 23.1 Å². The van der Waals surface area contributed by atoms with E-state index in [9.17, 15) is 23.5 Å². The van der Waals surface area contributed by atoms with Gasteiger partial charge in [-0.2, -0.15) is 0 Å². The molecule has 0 radical (unpaired) electrons. The number of aryl methyl sites for hydroxylation is 1.